The average Bonchev–Trinajstić information content (AvgIpc) is 2.35. The predicted molar refractivity (Wildman–Crippen MR) is 73.8 cm³/mol. The first-order valence-electron chi connectivity index (χ1n) is 6.53. The molecule has 0 radical (unpaired) electrons. The van der Waals surface area contributed by atoms with Crippen molar-refractivity contribution < 1.29 is 18.3 Å². The highest BCUT2D eigenvalue weighted by molar-refractivity contribution is 5.57. The van der Waals surface area contributed by atoms with Crippen LogP contribution in [0.1, 0.15) is 25.0 Å². The number of rotatable bonds is 6. The van der Waals surface area contributed by atoms with Crippen molar-refractivity contribution in [3.63, 3.8) is 0 Å². The summed E-state index contributed by atoms with van der Waals surface area (Å²) < 4.78 is 39.7. The number of alkyl halides is 3. The topological polar surface area (TPSA) is 35.5 Å². The molecule has 1 aromatic carbocycles. The Morgan fingerprint density at radius 2 is 1.95 bits per heavy atom. The van der Waals surface area contributed by atoms with Gasteiger partial charge in [-0.3, -0.25) is 0 Å². The van der Waals surface area contributed by atoms with Crippen LogP contribution in [0.25, 0.3) is 0 Å². The van der Waals surface area contributed by atoms with Crippen LogP contribution in [0, 0.1) is 0 Å². The van der Waals surface area contributed by atoms with Crippen molar-refractivity contribution >= 4 is 5.69 Å². The van der Waals surface area contributed by atoms with Gasteiger partial charge in [-0.15, -0.1) is 0 Å². The smallest absolute Gasteiger partial charge is 0.395 e. The highest BCUT2D eigenvalue weighted by Crippen LogP contribution is 2.37. The van der Waals surface area contributed by atoms with Gasteiger partial charge in [0, 0.05) is 24.8 Å². The van der Waals surface area contributed by atoms with E-state index >= 15 is 0 Å². The number of aliphatic hydroxyl groups excluding tert-OH is 1. The Balaban J connectivity index is 3.29. The fraction of sp³-hybridized carbons (Fsp3) is 0.571. The Hall–Kier alpha value is -1.27. The fourth-order valence-corrected chi connectivity index (χ4v) is 2.14. The van der Waals surface area contributed by atoms with E-state index in [0.717, 1.165) is 0 Å². The first-order valence-corrected chi connectivity index (χ1v) is 6.53. The Kier molecular flexibility index (Phi) is 5.83. The van der Waals surface area contributed by atoms with Gasteiger partial charge >= 0.3 is 6.18 Å². The van der Waals surface area contributed by atoms with E-state index in [9.17, 15) is 13.2 Å². The van der Waals surface area contributed by atoms with Gasteiger partial charge in [0.1, 0.15) is 0 Å². The average molecular weight is 290 g/mol. The van der Waals surface area contributed by atoms with Gasteiger partial charge in [0.15, 0.2) is 0 Å². The molecule has 0 fully saturated rings. The quantitative estimate of drug-likeness (QED) is 0.845. The summed E-state index contributed by atoms with van der Waals surface area (Å²) >= 11 is 0. The van der Waals surface area contributed by atoms with E-state index in [4.69, 9.17) is 5.11 Å². The molecule has 0 amide bonds. The number of nitrogens with one attached hydrogen (secondary N) is 1. The van der Waals surface area contributed by atoms with Crippen LogP contribution in [0.15, 0.2) is 18.2 Å². The molecule has 1 rings (SSSR count). The van der Waals surface area contributed by atoms with Gasteiger partial charge in [-0.2, -0.15) is 13.2 Å². The number of anilines is 1. The second-order valence-corrected chi connectivity index (χ2v) is 4.89. The molecule has 6 heteroatoms. The molecule has 0 saturated heterocycles. The number of hydrogen-bond donors (Lipinski definition) is 2. The highest BCUT2D eigenvalue weighted by atomic mass is 19.4. The van der Waals surface area contributed by atoms with Gasteiger partial charge < -0.3 is 15.3 Å². The van der Waals surface area contributed by atoms with Crippen molar-refractivity contribution in [2.24, 2.45) is 0 Å². The first-order chi connectivity index (χ1) is 9.31. The Morgan fingerprint density at radius 1 is 1.30 bits per heavy atom. The van der Waals surface area contributed by atoms with Crippen LogP contribution in [0.4, 0.5) is 18.9 Å². The fourth-order valence-electron chi connectivity index (χ4n) is 2.14. The molecule has 0 saturated carbocycles. The van der Waals surface area contributed by atoms with E-state index in [1.54, 1.807) is 31.9 Å². The van der Waals surface area contributed by atoms with Crippen LogP contribution in [0.3, 0.4) is 0 Å². The normalized spacial score (nSPS) is 12.0. The van der Waals surface area contributed by atoms with Gasteiger partial charge in [0.25, 0.3) is 0 Å². The molecule has 2 N–H and O–H groups in total. The van der Waals surface area contributed by atoms with E-state index in [0.29, 0.717) is 12.1 Å². The molecule has 0 aliphatic heterocycles. The van der Waals surface area contributed by atoms with Gasteiger partial charge in [-0.05, 0) is 38.6 Å². The molecule has 0 bridgehead atoms. The zero-order valence-electron chi connectivity index (χ0n) is 12.0. The summed E-state index contributed by atoms with van der Waals surface area (Å²) in [6.07, 6.45) is -4.41. The summed E-state index contributed by atoms with van der Waals surface area (Å²) in [7, 11) is 1.69. The molecule has 0 aromatic heterocycles. The molecule has 0 heterocycles. The van der Waals surface area contributed by atoms with Crippen LogP contribution in [-0.2, 0) is 12.7 Å². The minimum atomic E-state index is -4.41. The zero-order chi connectivity index (χ0) is 15.3. The molecule has 1 aromatic rings. The van der Waals surface area contributed by atoms with Crippen LogP contribution < -0.4 is 10.2 Å². The Morgan fingerprint density at radius 3 is 2.40 bits per heavy atom. The molecule has 0 unspecified atom stereocenters. The van der Waals surface area contributed by atoms with Crippen molar-refractivity contribution in [3.8, 4) is 0 Å². The van der Waals surface area contributed by atoms with E-state index in [2.05, 4.69) is 5.32 Å². The second-order valence-electron chi connectivity index (χ2n) is 4.89. The summed E-state index contributed by atoms with van der Waals surface area (Å²) in [5, 5.41) is 11.9. The van der Waals surface area contributed by atoms with Gasteiger partial charge in [0.05, 0.1) is 12.2 Å². The van der Waals surface area contributed by atoms with Gasteiger partial charge in [-0.1, -0.05) is 6.07 Å². The first kappa shape index (κ1) is 16.8. The van der Waals surface area contributed by atoms with Crippen LogP contribution >= 0.6 is 0 Å². The highest BCUT2D eigenvalue weighted by Gasteiger charge is 2.35. The second kappa shape index (κ2) is 6.95. The third-order valence-electron chi connectivity index (χ3n) is 3.02. The van der Waals surface area contributed by atoms with E-state index < -0.39 is 11.7 Å². The third-order valence-corrected chi connectivity index (χ3v) is 3.02. The molecular formula is C14H21F3N2O. The summed E-state index contributed by atoms with van der Waals surface area (Å²) in [6.45, 7) is 3.97. The number of benzene rings is 1. The standard InChI is InChI=1S/C14H21F3N2O/c1-10(2)19(6-7-20)13-5-4-11(9-18-3)8-12(13)14(15,16)17/h4-5,8,10,18,20H,6-7,9H2,1-3H3. The van der Waals surface area contributed by atoms with Crippen molar-refractivity contribution in [2.75, 3.05) is 25.1 Å². The third kappa shape index (κ3) is 4.11. The van der Waals surface area contributed by atoms with Crippen LogP contribution in [0.5, 0.6) is 0 Å². The molecule has 3 nitrogen and oxygen atoms in total. The summed E-state index contributed by atoms with van der Waals surface area (Å²) in [6, 6.07) is 4.19. The lowest BCUT2D eigenvalue weighted by Crippen LogP contribution is -2.35. The van der Waals surface area contributed by atoms with Gasteiger partial charge in [-0.25, -0.2) is 0 Å². The minimum absolute atomic E-state index is 0.112. The summed E-state index contributed by atoms with van der Waals surface area (Å²) in [4.78, 5) is 1.56. The van der Waals surface area contributed by atoms with Gasteiger partial charge in [0.2, 0.25) is 0 Å². The Labute approximate surface area is 117 Å². The molecule has 20 heavy (non-hydrogen) atoms. The van der Waals surface area contributed by atoms with Crippen molar-refractivity contribution in [1.29, 1.82) is 0 Å². The lowest BCUT2D eigenvalue weighted by atomic mass is 10.1. The van der Waals surface area contributed by atoms with Crippen molar-refractivity contribution in [2.45, 2.75) is 32.6 Å². The SMILES string of the molecule is CNCc1ccc(N(CCO)C(C)C)c(C(F)(F)F)c1. The monoisotopic (exact) mass is 290 g/mol. The zero-order valence-corrected chi connectivity index (χ0v) is 12.0. The molecule has 114 valence electrons. The number of hydrogen-bond acceptors (Lipinski definition) is 3. The van der Waals surface area contributed by atoms with Crippen molar-refractivity contribution in [1.82, 2.24) is 5.32 Å². The molecular weight excluding hydrogens is 269 g/mol. The lowest BCUT2D eigenvalue weighted by molar-refractivity contribution is -0.137. The molecule has 0 atom stereocenters. The predicted octanol–water partition coefficient (Wildman–Crippen LogP) is 2.63. The Bertz CT molecular complexity index is 433. The maximum absolute atomic E-state index is 13.2. The number of nitrogens with zero attached hydrogens (tertiary/aromatic N) is 1. The van der Waals surface area contributed by atoms with Crippen LogP contribution in [-0.4, -0.2) is 31.3 Å². The van der Waals surface area contributed by atoms with Crippen LogP contribution in [0.2, 0.25) is 0 Å². The summed E-state index contributed by atoms with van der Waals surface area (Å²) in [5.41, 5.74) is 0.0325. The molecule has 0 aliphatic carbocycles. The minimum Gasteiger partial charge on any atom is -0.395 e. The maximum atomic E-state index is 13.2. The lowest BCUT2D eigenvalue weighted by Gasteiger charge is -2.31. The van der Waals surface area contributed by atoms with Crippen molar-refractivity contribution in [3.05, 3.63) is 29.3 Å². The van der Waals surface area contributed by atoms with E-state index in [1.807, 2.05) is 0 Å². The maximum Gasteiger partial charge on any atom is 0.418 e. The molecule has 0 aliphatic rings. The number of aliphatic hydroxyl groups is 1. The number of halogens is 3. The summed E-state index contributed by atoms with van der Waals surface area (Å²) in [5.74, 6) is 0. The van der Waals surface area contributed by atoms with E-state index in [1.165, 1.54) is 12.1 Å². The molecule has 0 spiro atoms. The van der Waals surface area contributed by atoms with E-state index in [-0.39, 0.29) is 24.9 Å². The largest absolute Gasteiger partial charge is 0.418 e.